The zero-order valence-corrected chi connectivity index (χ0v) is 39.6. The molecule has 1 amide bonds. The number of anilines is 1. The Kier molecular flexibility index (Phi) is 11.2. The molecule has 4 fully saturated rings. The van der Waals surface area contributed by atoms with Gasteiger partial charge in [-0.3, -0.25) is 9.80 Å². The van der Waals surface area contributed by atoms with Gasteiger partial charge in [-0.25, -0.2) is 18.6 Å². The molecule has 2 bridgehead atoms. The summed E-state index contributed by atoms with van der Waals surface area (Å²) in [5, 5.41) is 0. The Labute approximate surface area is 373 Å². The van der Waals surface area contributed by atoms with Crippen molar-refractivity contribution in [2.75, 3.05) is 37.7 Å². The van der Waals surface area contributed by atoms with Gasteiger partial charge in [-0.1, -0.05) is 77.8 Å². The zero-order chi connectivity index (χ0) is 44.7. The third-order valence-corrected chi connectivity index (χ3v) is 21.3. The van der Waals surface area contributed by atoms with Crippen molar-refractivity contribution in [2.24, 2.45) is 4.99 Å². The Bertz CT molecular complexity index is 2350. The number of benzene rings is 1. The van der Waals surface area contributed by atoms with Crippen LogP contribution in [0.1, 0.15) is 141 Å². The molecule has 9 rings (SSSR count). The summed E-state index contributed by atoms with van der Waals surface area (Å²) in [5.74, 6) is 3.71. The summed E-state index contributed by atoms with van der Waals surface area (Å²) in [6.45, 7) is 26.3. The topological polar surface area (TPSA) is 92.6 Å². The number of hydrogen-bond acceptors (Lipinski definition) is 9. The van der Waals surface area contributed by atoms with E-state index in [9.17, 15) is 4.79 Å². The molecule has 7 heterocycles. The van der Waals surface area contributed by atoms with Crippen molar-refractivity contribution >= 4 is 37.5 Å². The van der Waals surface area contributed by atoms with E-state index >= 15 is 8.78 Å². The number of amides is 1. The number of allylic oxidation sites excluding steroid dienone is 3. The van der Waals surface area contributed by atoms with Gasteiger partial charge < -0.3 is 19.1 Å². The molecule has 0 radical (unpaired) electrons. The maximum atomic E-state index is 18.1. The normalized spacial score (nSPS) is 27.6. The van der Waals surface area contributed by atoms with Crippen LogP contribution in [0.5, 0.6) is 6.01 Å². The van der Waals surface area contributed by atoms with Gasteiger partial charge in [0.2, 0.25) is 5.90 Å². The minimum absolute atomic E-state index is 0.0934. The number of hydrogen-bond donors (Lipinski definition) is 0. The number of aromatic nitrogens is 2. The molecule has 6 aliphatic heterocycles. The second-order valence-electron chi connectivity index (χ2n) is 20.9. The monoisotopic (exact) mass is 878 g/mol. The average molecular weight is 879 g/mol. The summed E-state index contributed by atoms with van der Waals surface area (Å²) in [5.41, 5.74) is 7.94. The van der Waals surface area contributed by atoms with Crippen LogP contribution in [-0.2, 0) is 9.47 Å². The van der Waals surface area contributed by atoms with Gasteiger partial charge in [0.15, 0.2) is 6.17 Å². The molecule has 4 saturated heterocycles. The highest BCUT2D eigenvalue weighted by molar-refractivity contribution is 6.90. The second-order valence-corrected chi connectivity index (χ2v) is 26.5. The molecule has 1 aliphatic carbocycles. The fraction of sp³-hybridized carbons (Fsp3) is 0.600. The van der Waals surface area contributed by atoms with Crippen LogP contribution in [0, 0.1) is 17.3 Å². The molecule has 1 aromatic heterocycles. The van der Waals surface area contributed by atoms with E-state index in [1.54, 1.807) is 6.07 Å². The number of fused-ring (bicyclic) bond motifs is 7. The molecule has 7 aliphatic rings. The van der Waals surface area contributed by atoms with Crippen molar-refractivity contribution < 1.29 is 27.8 Å². The second kappa shape index (κ2) is 16.2. The average Bonchev–Trinajstić information content (AvgIpc) is 3.86. The number of halogens is 2. The van der Waals surface area contributed by atoms with Crippen molar-refractivity contribution in [2.45, 2.75) is 159 Å². The number of piperazine rings is 1. The zero-order valence-electron chi connectivity index (χ0n) is 38.6. The highest BCUT2D eigenvalue weighted by Crippen LogP contribution is 2.49. The Morgan fingerprint density at radius 3 is 2.56 bits per heavy atom. The Morgan fingerprint density at radius 1 is 1.06 bits per heavy atom. The summed E-state index contributed by atoms with van der Waals surface area (Å²) in [6, 6.07) is 2.85. The van der Waals surface area contributed by atoms with Crippen molar-refractivity contribution in [3.63, 3.8) is 0 Å². The van der Waals surface area contributed by atoms with E-state index in [0.717, 1.165) is 50.8 Å². The quantitative estimate of drug-likeness (QED) is 0.161. The minimum atomic E-state index is -2.26. The van der Waals surface area contributed by atoms with Gasteiger partial charge in [0.25, 0.3) is 0 Å². The number of aliphatic imine (C=N–C) groups is 1. The summed E-state index contributed by atoms with van der Waals surface area (Å²) in [6.07, 6.45) is 7.19. The van der Waals surface area contributed by atoms with Crippen LogP contribution >= 0.6 is 0 Å². The maximum absolute atomic E-state index is 18.1. The molecule has 63 heavy (non-hydrogen) atoms. The Hall–Kier alpha value is -4.54. The van der Waals surface area contributed by atoms with E-state index in [4.69, 9.17) is 29.2 Å². The molecule has 0 spiro atoms. The van der Waals surface area contributed by atoms with Crippen molar-refractivity contribution in [3.8, 4) is 17.5 Å². The highest BCUT2D eigenvalue weighted by Gasteiger charge is 2.53. The highest BCUT2D eigenvalue weighted by atomic mass is 28.3. The Balaban J connectivity index is 1.18. The van der Waals surface area contributed by atoms with Crippen LogP contribution in [-0.4, -0.2) is 102 Å². The molecule has 13 heteroatoms. The summed E-state index contributed by atoms with van der Waals surface area (Å²) in [7, 11) is -2.26. The number of ether oxygens (including phenoxy) is 3. The van der Waals surface area contributed by atoms with E-state index in [1.165, 1.54) is 11.6 Å². The van der Waals surface area contributed by atoms with Crippen LogP contribution in [0.3, 0.4) is 0 Å². The summed E-state index contributed by atoms with van der Waals surface area (Å²) < 4.78 is 53.6. The van der Waals surface area contributed by atoms with Gasteiger partial charge in [-0.05, 0) is 99.7 Å². The third kappa shape index (κ3) is 7.41. The summed E-state index contributed by atoms with van der Waals surface area (Å²) in [4.78, 5) is 35.4. The van der Waals surface area contributed by atoms with E-state index in [2.05, 4.69) is 69.4 Å². The van der Waals surface area contributed by atoms with Gasteiger partial charge in [-0.15, -0.1) is 5.54 Å². The molecule has 0 N–H and O–H groups in total. The van der Waals surface area contributed by atoms with E-state index < -0.39 is 25.7 Å². The number of carbonyl (C=O) groups excluding carboxylic acids is 1. The van der Waals surface area contributed by atoms with Crippen LogP contribution in [0.4, 0.5) is 19.4 Å². The standard InChI is InChI=1S/C50H64F2N6O4Si/c1-29(2)63(30(3)4,31(5)6)24-20-35-37(51)17-15-33-13-11-14-36(40(33)35)43-42(52)44-41-45(55-47(54-44)61-28-50-21-12-22-56(50)26-32(7)25-50)57-27-34-16-18-39(38(57)19-23-60-46(41)53-43)58(34)48(59)62-49(8,9)10/h11,13,15,17,29-31,34,38-39,42H,7,12,14,16,18-19,21-23,25-28H2,1-6,8-10H3/t34-,38-,39+,42?,50?/m1/s1. The van der Waals surface area contributed by atoms with Crippen LogP contribution < -0.4 is 9.64 Å². The molecule has 2 aromatic rings. The molecule has 10 nitrogen and oxygen atoms in total. The van der Waals surface area contributed by atoms with Gasteiger partial charge in [0.1, 0.15) is 43.2 Å². The fourth-order valence-corrected chi connectivity index (χ4v) is 17.6. The molecular formula is C50H64F2N6O4Si. The lowest BCUT2D eigenvalue weighted by atomic mass is 9.85. The van der Waals surface area contributed by atoms with Gasteiger partial charge in [0.05, 0.1) is 41.5 Å². The predicted molar refractivity (Wildman–Crippen MR) is 247 cm³/mol. The first-order valence-corrected chi connectivity index (χ1v) is 25.5. The van der Waals surface area contributed by atoms with E-state index in [1.807, 2.05) is 37.8 Å². The minimum Gasteiger partial charge on any atom is -0.477 e. The molecule has 336 valence electrons. The smallest absolute Gasteiger partial charge is 0.410 e. The van der Waals surface area contributed by atoms with Crippen LogP contribution in [0.2, 0.25) is 16.6 Å². The lowest BCUT2D eigenvalue weighted by molar-refractivity contribution is 0.00621. The largest absolute Gasteiger partial charge is 0.477 e. The molecule has 0 saturated carbocycles. The van der Waals surface area contributed by atoms with Crippen LogP contribution in [0.15, 0.2) is 41.1 Å². The molecule has 5 atom stereocenters. The third-order valence-electron chi connectivity index (χ3n) is 15.0. The van der Waals surface area contributed by atoms with Crippen molar-refractivity contribution in [3.05, 3.63) is 69.8 Å². The van der Waals surface area contributed by atoms with Crippen LogP contribution in [0.25, 0.3) is 11.6 Å². The van der Waals surface area contributed by atoms with Crippen molar-refractivity contribution in [1.82, 2.24) is 19.8 Å². The SMILES string of the molecule is C=C1CN2CCCC2(COc2nc3c4c(n2)N2C[C@H]5CC[C@@H]([C@H]2CCOC4=NC(=C2CC=Cc4ccc(F)c(C#C[Si](C(C)C)(C(C)C)C(C)C)c42)C3F)N5C(=O)OC(C)(C)C)C1. The lowest BCUT2D eigenvalue weighted by Gasteiger charge is -2.48. The van der Waals surface area contributed by atoms with E-state index in [0.29, 0.717) is 65.1 Å². The fourth-order valence-electron chi connectivity index (χ4n) is 12.4. The number of nitrogens with zero attached hydrogens (tertiary/aromatic N) is 6. The lowest BCUT2D eigenvalue weighted by Crippen LogP contribution is -2.63. The first kappa shape index (κ1) is 43.7. The maximum Gasteiger partial charge on any atom is 0.410 e. The number of rotatable bonds is 6. The first-order valence-electron chi connectivity index (χ1n) is 23.3. The number of carbonyl (C=O) groups is 1. The Morgan fingerprint density at radius 2 is 1.83 bits per heavy atom. The molecule has 1 aromatic carbocycles. The van der Waals surface area contributed by atoms with Gasteiger partial charge in [-0.2, -0.15) is 9.97 Å². The summed E-state index contributed by atoms with van der Waals surface area (Å²) >= 11 is 0. The van der Waals surface area contributed by atoms with Gasteiger partial charge in [0, 0.05) is 25.1 Å². The first-order chi connectivity index (χ1) is 29.9. The van der Waals surface area contributed by atoms with E-state index in [-0.39, 0.29) is 65.2 Å². The molecule has 2 unspecified atom stereocenters. The number of alkyl halides is 1. The van der Waals surface area contributed by atoms with Crippen molar-refractivity contribution in [1.29, 1.82) is 0 Å². The van der Waals surface area contributed by atoms with Gasteiger partial charge >= 0.3 is 12.1 Å². The predicted octanol–water partition coefficient (Wildman–Crippen LogP) is 10.3. The molecular weight excluding hydrogens is 815 g/mol.